The third-order valence-corrected chi connectivity index (χ3v) is 5.42. The number of nitrogens with zero attached hydrogens (tertiary/aromatic N) is 1. The van der Waals surface area contributed by atoms with E-state index >= 15 is 0 Å². The number of esters is 2. The quantitative estimate of drug-likeness (QED) is 0.401. The van der Waals surface area contributed by atoms with E-state index in [4.69, 9.17) is 9.26 Å². The van der Waals surface area contributed by atoms with Crippen LogP contribution >= 0.6 is 0 Å². The number of rotatable bonds is 8. The van der Waals surface area contributed by atoms with Gasteiger partial charge in [-0.25, -0.2) is 9.59 Å². The standard InChI is InChI=1S/C25H26N4O7/c1-14(23(31)34-3)15(2)26-22(30)21-13-20(29-36-21)16-5-9-18(10-6-16)27-25(33)28-19-11-7-17(8-12-19)24(32)35-4/h5-15H,1-4H3,(H,26,30)(H2,27,28,33). The molecule has 3 amide bonds. The van der Waals surface area contributed by atoms with E-state index < -0.39 is 35.8 Å². The van der Waals surface area contributed by atoms with Gasteiger partial charge in [-0.2, -0.15) is 0 Å². The van der Waals surface area contributed by atoms with Crippen LogP contribution in [0.3, 0.4) is 0 Å². The molecule has 0 spiro atoms. The second kappa shape index (κ2) is 11.6. The van der Waals surface area contributed by atoms with Crippen LogP contribution < -0.4 is 16.0 Å². The van der Waals surface area contributed by atoms with Crippen LogP contribution in [0.5, 0.6) is 0 Å². The maximum Gasteiger partial charge on any atom is 0.337 e. The Kier molecular flexibility index (Phi) is 8.39. The molecule has 1 aromatic heterocycles. The molecule has 188 valence electrons. The van der Waals surface area contributed by atoms with E-state index in [1.165, 1.54) is 20.3 Å². The monoisotopic (exact) mass is 494 g/mol. The van der Waals surface area contributed by atoms with Crippen molar-refractivity contribution in [2.24, 2.45) is 5.92 Å². The highest BCUT2D eigenvalue weighted by molar-refractivity contribution is 6.00. The first kappa shape index (κ1) is 25.9. The van der Waals surface area contributed by atoms with Gasteiger partial charge in [-0.15, -0.1) is 0 Å². The highest BCUT2D eigenvalue weighted by Crippen LogP contribution is 2.22. The van der Waals surface area contributed by atoms with Crippen LogP contribution in [0.2, 0.25) is 0 Å². The van der Waals surface area contributed by atoms with Crippen molar-refractivity contribution in [3.05, 3.63) is 65.9 Å². The number of urea groups is 1. The van der Waals surface area contributed by atoms with Crippen LogP contribution in [0, 0.1) is 5.92 Å². The van der Waals surface area contributed by atoms with Gasteiger partial charge in [0.05, 0.1) is 25.7 Å². The molecule has 3 rings (SSSR count). The predicted octanol–water partition coefficient (Wildman–Crippen LogP) is 3.70. The molecule has 3 N–H and O–H groups in total. The van der Waals surface area contributed by atoms with Gasteiger partial charge in [0.15, 0.2) is 0 Å². The number of nitrogens with one attached hydrogen (secondary N) is 3. The maximum atomic E-state index is 12.4. The van der Waals surface area contributed by atoms with Gasteiger partial charge in [-0.05, 0) is 50.2 Å². The average Bonchev–Trinajstić information content (AvgIpc) is 3.38. The highest BCUT2D eigenvalue weighted by Gasteiger charge is 2.24. The summed E-state index contributed by atoms with van der Waals surface area (Å²) in [4.78, 5) is 47.8. The zero-order valence-corrected chi connectivity index (χ0v) is 20.2. The third-order valence-electron chi connectivity index (χ3n) is 5.42. The second-order valence-corrected chi connectivity index (χ2v) is 7.88. The summed E-state index contributed by atoms with van der Waals surface area (Å²) in [6, 6.07) is 13.6. The first-order valence-electron chi connectivity index (χ1n) is 10.9. The Balaban J connectivity index is 1.57. The Bertz CT molecular complexity index is 1240. The van der Waals surface area contributed by atoms with Crippen molar-refractivity contribution in [3.63, 3.8) is 0 Å². The Morgan fingerprint density at radius 3 is 2.00 bits per heavy atom. The van der Waals surface area contributed by atoms with Crippen LogP contribution in [-0.2, 0) is 14.3 Å². The number of hydrogen-bond acceptors (Lipinski definition) is 8. The summed E-state index contributed by atoms with van der Waals surface area (Å²) in [6.07, 6.45) is 0. The Morgan fingerprint density at radius 2 is 1.44 bits per heavy atom. The van der Waals surface area contributed by atoms with E-state index in [0.29, 0.717) is 28.2 Å². The van der Waals surface area contributed by atoms with Gasteiger partial charge in [0, 0.05) is 29.0 Å². The number of ether oxygens (including phenoxy) is 2. The topological polar surface area (TPSA) is 149 Å². The molecule has 0 bridgehead atoms. The number of amides is 3. The van der Waals surface area contributed by atoms with E-state index in [2.05, 4.69) is 25.8 Å². The van der Waals surface area contributed by atoms with E-state index in [-0.39, 0.29) is 5.76 Å². The van der Waals surface area contributed by atoms with Crippen LogP contribution in [0.15, 0.2) is 59.1 Å². The number of aromatic nitrogens is 1. The highest BCUT2D eigenvalue weighted by atomic mass is 16.5. The van der Waals surface area contributed by atoms with Crippen molar-refractivity contribution >= 4 is 35.3 Å². The number of carbonyl (C=O) groups excluding carboxylic acids is 4. The summed E-state index contributed by atoms with van der Waals surface area (Å²) in [5.41, 5.74) is 2.49. The summed E-state index contributed by atoms with van der Waals surface area (Å²) >= 11 is 0. The van der Waals surface area contributed by atoms with Gasteiger partial charge in [-0.3, -0.25) is 9.59 Å². The van der Waals surface area contributed by atoms with Crippen molar-refractivity contribution in [2.45, 2.75) is 19.9 Å². The Labute approximate surface area is 207 Å². The van der Waals surface area contributed by atoms with Gasteiger partial charge in [-0.1, -0.05) is 17.3 Å². The van der Waals surface area contributed by atoms with E-state index in [0.717, 1.165) is 0 Å². The fourth-order valence-electron chi connectivity index (χ4n) is 3.14. The fraction of sp³-hybridized carbons (Fsp3) is 0.240. The minimum absolute atomic E-state index is 0.00582. The predicted molar refractivity (Wildman–Crippen MR) is 130 cm³/mol. The van der Waals surface area contributed by atoms with E-state index in [1.807, 2.05) is 0 Å². The van der Waals surface area contributed by atoms with Crippen LogP contribution in [0.4, 0.5) is 16.2 Å². The molecule has 0 fully saturated rings. The molecule has 2 aromatic carbocycles. The minimum atomic E-state index is -0.530. The number of benzene rings is 2. The lowest BCUT2D eigenvalue weighted by Gasteiger charge is -2.18. The van der Waals surface area contributed by atoms with Crippen molar-refractivity contribution < 1.29 is 33.2 Å². The molecular weight excluding hydrogens is 468 g/mol. The molecule has 0 saturated carbocycles. The van der Waals surface area contributed by atoms with Crippen molar-refractivity contribution in [1.29, 1.82) is 0 Å². The maximum absolute atomic E-state index is 12.4. The van der Waals surface area contributed by atoms with Crippen LogP contribution in [0.25, 0.3) is 11.3 Å². The van der Waals surface area contributed by atoms with E-state index in [1.54, 1.807) is 62.4 Å². The zero-order chi connectivity index (χ0) is 26.2. The lowest BCUT2D eigenvalue weighted by Crippen LogP contribution is -2.40. The largest absolute Gasteiger partial charge is 0.469 e. The molecule has 0 aliphatic heterocycles. The van der Waals surface area contributed by atoms with E-state index in [9.17, 15) is 19.2 Å². The molecule has 1 heterocycles. The normalized spacial score (nSPS) is 12.1. The van der Waals surface area contributed by atoms with Crippen LogP contribution in [0.1, 0.15) is 34.8 Å². The third kappa shape index (κ3) is 6.47. The minimum Gasteiger partial charge on any atom is -0.469 e. The van der Waals surface area contributed by atoms with Gasteiger partial charge in [0.2, 0.25) is 5.76 Å². The van der Waals surface area contributed by atoms with Gasteiger partial charge in [0.1, 0.15) is 5.69 Å². The SMILES string of the molecule is COC(=O)c1ccc(NC(=O)Nc2ccc(-c3cc(C(=O)NC(C)C(C)C(=O)OC)on3)cc2)cc1. The number of hydrogen-bond donors (Lipinski definition) is 3. The molecule has 0 saturated heterocycles. The fourth-order valence-corrected chi connectivity index (χ4v) is 3.14. The molecule has 2 atom stereocenters. The molecule has 36 heavy (non-hydrogen) atoms. The molecule has 0 aliphatic carbocycles. The molecule has 0 aliphatic rings. The molecule has 2 unspecified atom stereocenters. The first-order valence-corrected chi connectivity index (χ1v) is 10.9. The molecule has 11 heteroatoms. The molecule has 11 nitrogen and oxygen atoms in total. The number of methoxy groups -OCH3 is 2. The lowest BCUT2D eigenvalue weighted by molar-refractivity contribution is -0.145. The summed E-state index contributed by atoms with van der Waals surface area (Å²) in [7, 11) is 2.58. The van der Waals surface area contributed by atoms with Gasteiger partial charge < -0.3 is 29.9 Å². The Morgan fingerprint density at radius 1 is 0.861 bits per heavy atom. The van der Waals surface area contributed by atoms with Crippen molar-refractivity contribution in [2.75, 3.05) is 24.9 Å². The number of carbonyl (C=O) groups is 4. The summed E-state index contributed by atoms with van der Waals surface area (Å²) in [5.74, 6) is -1.94. The zero-order valence-electron chi connectivity index (χ0n) is 20.2. The molecular formula is C25H26N4O7. The summed E-state index contributed by atoms with van der Waals surface area (Å²) in [5, 5.41) is 12.0. The average molecular weight is 495 g/mol. The second-order valence-electron chi connectivity index (χ2n) is 7.88. The first-order chi connectivity index (χ1) is 17.2. The lowest BCUT2D eigenvalue weighted by atomic mass is 10.0. The molecule has 0 radical (unpaired) electrons. The molecule has 3 aromatic rings. The van der Waals surface area contributed by atoms with Crippen molar-refractivity contribution in [3.8, 4) is 11.3 Å². The Hall–Kier alpha value is -4.67. The summed E-state index contributed by atoms with van der Waals surface area (Å²) in [6.45, 7) is 3.34. The van der Waals surface area contributed by atoms with Crippen molar-refractivity contribution in [1.82, 2.24) is 10.5 Å². The number of anilines is 2. The van der Waals surface area contributed by atoms with Crippen LogP contribution in [-0.4, -0.2) is 49.3 Å². The summed E-state index contributed by atoms with van der Waals surface area (Å²) < 4.78 is 14.5. The van der Waals surface area contributed by atoms with Gasteiger partial charge >= 0.3 is 18.0 Å². The van der Waals surface area contributed by atoms with Gasteiger partial charge in [0.25, 0.3) is 5.91 Å². The smallest absolute Gasteiger partial charge is 0.337 e.